The molecule has 0 unspecified atom stereocenters. The highest BCUT2D eigenvalue weighted by atomic mass is 16.5. The molecule has 21 heavy (non-hydrogen) atoms. The summed E-state index contributed by atoms with van der Waals surface area (Å²) >= 11 is 0. The third-order valence-electron chi connectivity index (χ3n) is 2.88. The molecule has 0 saturated heterocycles. The summed E-state index contributed by atoms with van der Waals surface area (Å²) in [4.78, 5) is 0. The molecule has 1 aromatic heterocycles. The Hall–Kier alpha value is -1.85. The largest absolute Gasteiger partial charge is 0.491 e. The summed E-state index contributed by atoms with van der Waals surface area (Å²) in [5.41, 5.74) is 2.13. The molecule has 0 N–H and O–H groups in total. The summed E-state index contributed by atoms with van der Waals surface area (Å²) in [6.07, 6.45) is 2.32. The predicted octanol–water partition coefficient (Wildman–Crippen LogP) is 2.64. The van der Waals surface area contributed by atoms with Gasteiger partial charge < -0.3 is 18.7 Å². The summed E-state index contributed by atoms with van der Waals surface area (Å²) in [7, 11) is 0. The van der Waals surface area contributed by atoms with Gasteiger partial charge in [0, 0.05) is 12.5 Å². The molecule has 114 valence electrons. The fourth-order valence-electron chi connectivity index (χ4n) is 1.72. The van der Waals surface area contributed by atoms with Crippen molar-refractivity contribution in [2.45, 2.75) is 13.3 Å². The first-order valence-electron chi connectivity index (χ1n) is 7.09. The summed E-state index contributed by atoms with van der Waals surface area (Å²) in [5.74, 6) is 0.869. The lowest BCUT2D eigenvalue weighted by atomic mass is 10.2. The van der Waals surface area contributed by atoms with Gasteiger partial charge in [0.1, 0.15) is 18.6 Å². The second kappa shape index (κ2) is 9.15. The highest BCUT2D eigenvalue weighted by molar-refractivity contribution is 5.26. The number of aromatic nitrogens is 1. The zero-order valence-electron chi connectivity index (χ0n) is 12.3. The molecule has 5 heteroatoms. The first-order valence-corrected chi connectivity index (χ1v) is 7.09. The molecule has 0 saturated carbocycles. The van der Waals surface area contributed by atoms with Gasteiger partial charge in [0.2, 0.25) is 0 Å². The van der Waals surface area contributed by atoms with Crippen LogP contribution >= 0.6 is 0 Å². The third-order valence-corrected chi connectivity index (χ3v) is 2.88. The lowest BCUT2D eigenvalue weighted by molar-refractivity contribution is 0.0370. The van der Waals surface area contributed by atoms with E-state index in [0.717, 1.165) is 17.9 Å². The van der Waals surface area contributed by atoms with Crippen LogP contribution in [0.3, 0.4) is 0 Å². The van der Waals surface area contributed by atoms with E-state index in [-0.39, 0.29) is 0 Å². The molecule has 2 rings (SSSR count). The maximum absolute atomic E-state index is 5.55. The molecule has 0 spiro atoms. The van der Waals surface area contributed by atoms with Crippen LogP contribution in [0.4, 0.5) is 0 Å². The molecule has 0 atom stereocenters. The topological polar surface area (TPSA) is 53.7 Å². The second-order valence-corrected chi connectivity index (χ2v) is 4.63. The van der Waals surface area contributed by atoms with Crippen LogP contribution in [0.5, 0.6) is 5.75 Å². The zero-order chi connectivity index (χ0) is 14.8. The Kier molecular flexibility index (Phi) is 6.77. The average Bonchev–Trinajstić information content (AvgIpc) is 3.01. The molecule has 0 aliphatic carbocycles. The maximum atomic E-state index is 5.55. The van der Waals surface area contributed by atoms with Gasteiger partial charge in [-0.3, -0.25) is 0 Å². The number of aryl methyl sites for hydroxylation is 1. The monoisotopic (exact) mass is 291 g/mol. The number of rotatable bonds is 10. The minimum absolute atomic E-state index is 0.544. The lowest BCUT2D eigenvalue weighted by Crippen LogP contribution is -2.11. The third kappa shape index (κ3) is 6.42. The van der Waals surface area contributed by atoms with Gasteiger partial charge in [0.15, 0.2) is 0 Å². The number of ether oxygens (including phenoxy) is 3. The molecule has 0 amide bonds. The standard InChI is InChI=1S/C16H21NO4/c1-14-2-4-16(5-3-14)20-13-12-19-11-10-18-8-6-15-7-9-21-17-15/h2-5,7,9H,6,8,10-13H2,1H3. The Labute approximate surface area is 124 Å². The van der Waals surface area contributed by atoms with E-state index < -0.39 is 0 Å². The number of hydrogen-bond donors (Lipinski definition) is 0. The molecule has 2 aromatic rings. The van der Waals surface area contributed by atoms with E-state index in [0.29, 0.717) is 33.0 Å². The predicted molar refractivity (Wildman–Crippen MR) is 78.5 cm³/mol. The van der Waals surface area contributed by atoms with Crippen molar-refractivity contribution >= 4 is 0 Å². The Balaban J connectivity index is 1.41. The SMILES string of the molecule is Cc1ccc(OCCOCCOCCc2ccon2)cc1. The van der Waals surface area contributed by atoms with Crippen LogP contribution in [0.25, 0.3) is 0 Å². The van der Waals surface area contributed by atoms with Gasteiger partial charge in [0.25, 0.3) is 0 Å². The Bertz CT molecular complexity index is 481. The van der Waals surface area contributed by atoms with Crippen molar-refractivity contribution in [1.29, 1.82) is 0 Å². The van der Waals surface area contributed by atoms with Gasteiger partial charge in [-0.25, -0.2) is 0 Å². The fraction of sp³-hybridized carbons (Fsp3) is 0.438. The normalized spacial score (nSPS) is 10.7. The van der Waals surface area contributed by atoms with Crippen molar-refractivity contribution in [3.8, 4) is 5.75 Å². The molecule has 0 bridgehead atoms. The number of nitrogens with zero attached hydrogens (tertiary/aromatic N) is 1. The Morgan fingerprint density at radius 1 is 0.905 bits per heavy atom. The molecule has 0 fully saturated rings. The van der Waals surface area contributed by atoms with Crippen molar-refractivity contribution in [1.82, 2.24) is 5.16 Å². The molecular formula is C16H21NO4. The van der Waals surface area contributed by atoms with Crippen molar-refractivity contribution in [3.05, 3.63) is 47.9 Å². The number of benzene rings is 1. The van der Waals surface area contributed by atoms with Gasteiger partial charge in [-0.05, 0) is 19.1 Å². The van der Waals surface area contributed by atoms with Crippen molar-refractivity contribution < 1.29 is 18.7 Å². The summed E-state index contributed by atoms with van der Waals surface area (Å²) in [6, 6.07) is 9.81. The summed E-state index contributed by atoms with van der Waals surface area (Å²) in [6.45, 7) is 4.91. The van der Waals surface area contributed by atoms with Gasteiger partial charge in [-0.2, -0.15) is 0 Å². The van der Waals surface area contributed by atoms with E-state index in [1.54, 1.807) is 6.26 Å². The molecular weight excluding hydrogens is 270 g/mol. The highest BCUT2D eigenvalue weighted by Crippen LogP contribution is 2.10. The molecule has 1 heterocycles. The van der Waals surface area contributed by atoms with E-state index in [1.165, 1.54) is 5.56 Å². The van der Waals surface area contributed by atoms with Gasteiger partial charge in [-0.1, -0.05) is 22.9 Å². The minimum Gasteiger partial charge on any atom is -0.491 e. The van der Waals surface area contributed by atoms with Gasteiger partial charge in [-0.15, -0.1) is 0 Å². The van der Waals surface area contributed by atoms with Gasteiger partial charge >= 0.3 is 0 Å². The van der Waals surface area contributed by atoms with Crippen LogP contribution in [0.15, 0.2) is 41.1 Å². The van der Waals surface area contributed by atoms with E-state index in [9.17, 15) is 0 Å². The van der Waals surface area contributed by atoms with Crippen LogP contribution in [0.2, 0.25) is 0 Å². The first kappa shape index (κ1) is 15.5. The lowest BCUT2D eigenvalue weighted by Gasteiger charge is -2.07. The van der Waals surface area contributed by atoms with E-state index in [1.807, 2.05) is 30.3 Å². The Morgan fingerprint density at radius 3 is 2.33 bits per heavy atom. The quantitative estimate of drug-likeness (QED) is 0.630. The first-order chi connectivity index (χ1) is 10.3. The molecule has 0 radical (unpaired) electrons. The van der Waals surface area contributed by atoms with Crippen molar-refractivity contribution in [3.63, 3.8) is 0 Å². The zero-order valence-corrected chi connectivity index (χ0v) is 12.3. The minimum atomic E-state index is 0.544. The molecule has 5 nitrogen and oxygen atoms in total. The van der Waals surface area contributed by atoms with Crippen LogP contribution < -0.4 is 4.74 Å². The fourth-order valence-corrected chi connectivity index (χ4v) is 1.72. The summed E-state index contributed by atoms with van der Waals surface area (Å²) in [5, 5.41) is 3.81. The smallest absolute Gasteiger partial charge is 0.124 e. The molecule has 0 aliphatic rings. The van der Waals surface area contributed by atoms with Gasteiger partial charge in [0.05, 0.1) is 32.1 Å². The summed E-state index contributed by atoms with van der Waals surface area (Å²) < 4.78 is 21.2. The van der Waals surface area contributed by atoms with Crippen LogP contribution in [0, 0.1) is 6.92 Å². The van der Waals surface area contributed by atoms with Crippen LogP contribution in [-0.2, 0) is 15.9 Å². The van der Waals surface area contributed by atoms with Crippen LogP contribution in [-0.4, -0.2) is 38.2 Å². The maximum Gasteiger partial charge on any atom is 0.124 e. The highest BCUT2D eigenvalue weighted by Gasteiger charge is 1.97. The van der Waals surface area contributed by atoms with Crippen molar-refractivity contribution in [2.75, 3.05) is 33.0 Å². The van der Waals surface area contributed by atoms with E-state index in [2.05, 4.69) is 12.1 Å². The Morgan fingerprint density at radius 2 is 1.62 bits per heavy atom. The second-order valence-electron chi connectivity index (χ2n) is 4.63. The molecule has 0 aliphatic heterocycles. The van der Waals surface area contributed by atoms with Crippen LogP contribution in [0.1, 0.15) is 11.3 Å². The van der Waals surface area contributed by atoms with Crippen molar-refractivity contribution in [2.24, 2.45) is 0 Å². The molecule has 1 aromatic carbocycles. The average molecular weight is 291 g/mol. The number of hydrogen-bond acceptors (Lipinski definition) is 5. The van der Waals surface area contributed by atoms with E-state index >= 15 is 0 Å². The van der Waals surface area contributed by atoms with E-state index in [4.69, 9.17) is 18.7 Å².